The normalized spacial score (nSPS) is 21.6. The minimum absolute atomic E-state index is 0.244. The van der Waals surface area contributed by atoms with Gasteiger partial charge in [0.1, 0.15) is 32.7 Å². The number of ether oxygens (including phenoxy) is 1. The minimum Gasteiger partial charge on any atom is -0.453 e. The molecule has 1 aliphatic rings. The van der Waals surface area contributed by atoms with Gasteiger partial charge in [-0.1, -0.05) is 38.1 Å². The number of nitrogens with one attached hydrogen (secondary N) is 3. The third kappa shape index (κ3) is 5.54. The molecule has 0 saturated carbocycles. The van der Waals surface area contributed by atoms with Crippen LogP contribution in [0.3, 0.4) is 0 Å². The summed E-state index contributed by atoms with van der Waals surface area (Å²) in [6.07, 6.45) is -0.689. The van der Waals surface area contributed by atoms with Crippen molar-refractivity contribution in [1.29, 1.82) is 0 Å². The highest BCUT2D eigenvalue weighted by atomic mass is 16.5. The second kappa shape index (κ2) is 8.97. The largest absolute Gasteiger partial charge is 0.453 e. The Kier molecular flexibility index (Phi) is 6.96. The van der Waals surface area contributed by atoms with Crippen LogP contribution >= 0.6 is 0 Å². The topological polar surface area (TPSA) is 64.3 Å². The summed E-state index contributed by atoms with van der Waals surface area (Å²) in [5.41, 5.74) is 2.73. The van der Waals surface area contributed by atoms with Crippen LogP contribution in [0.2, 0.25) is 0 Å². The zero-order valence-corrected chi connectivity index (χ0v) is 15.7. The molecular weight excluding hydrogens is 318 g/mol. The fourth-order valence-corrected chi connectivity index (χ4v) is 3.29. The fourth-order valence-electron chi connectivity index (χ4n) is 3.29. The van der Waals surface area contributed by atoms with E-state index >= 15 is 0 Å². The summed E-state index contributed by atoms with van der Waals surface area (Å²) in [5, 5.41) is 2.26. The van der Waals surface area contributed by atoms with Crippen LogP contribution in [0, 0.1) is 0 Å². The number of rotatable bonds is 5. The average Bonchev–Trinajstić information content (AvgIpc) is 2.62. The van der Waals surface area contributed by atoms with Crippen molar-refractivity contribution in [3.63, 3.8) is 0 Å². The number of alkyl carbamates (subject to hydrolysis) is 1. The van der Waals surface area contributed by atoms with Gasteiger partial charge in [0.25, 0.3) is 5.91 Å². The van der Waals surface area contributed by atoms with E-state index in [2.05, 4.69) is 48.2 Å². The lowest BCUT2D eigenvalue weighted by atomic mass is 10.0. The van der Waals surface area contributed by atoms with E-state index in [9.17, 15) is 9.59 Å². The zero-order chi connectivity index (χ0) is 18.4. The van der Waals surface area contributed by atoms with E-state index < -0.39 is 6.09 Å². The Balaban J connectivity index is 1.80. The molecule has 1 saturated heterocycles. The van der Waals surface area contributed by atoms with E-state index in [0.717, 1.165) is 32.7 Å². The number of piperazine rings is 1. The summed E-state index contributed by atoms with van der Waals surface area (Å²) < 4.78 is 4.48. The predicted molar refractivity (Wildman–Crippen MR) is 95.6 cm³/mol. The molecule has 1 aromatic carbocycles. The van der Waals surface area contributed by atoms with Crippen LogP contribution < -0.4 is 15.1 Å². The highest BCUT2D eigenvalue weighted by Crippen LogP contribution is 2.14. The highest BCUT2D eigenvalue weighted by molar-refractivity contribution is 5.93. The Bertz CT molecular complexity index is 578. The van der Waals surface area contributed by atoms with Crippen molar-refractivity contribution in [2.24, 2.45) is 0 Å². The van der Waals surface area contributed by atoms with Gasteiger partial charge >= 0.3 is 6.09 Å². The van der Waals surface area contributed by atoms with E-state index in [-0.39, 0.29) is 11.9 Å². The Morgan fingerprint density at radius 2 is 1.68 bits per heavy atom. The number of methoxy groups -OCH3 is 1. The second-order valence-corrected chi connectivity index (χ2v) is 7.18. The van der Waals surface area contributed by atoms with Gasteiger partial charge in [-0.2, -0.15) is 0 Å². The molecule has 1 atom stereocenters. The van der Waals surface area contributed by atoms with Gasteiger partial charge in [-0.15, -0.1) is 0 Å². The average molecular weight is 349 g/mol. The van der Waals surface area contributed by atoms with E-state index in [1.807, 2.05) is 6.92 Å². The lowest BCUT2D eigenvalue weighted by Gasteiger charge is -2.32. The van der Waals surface area contributed by atoms with E-state index in [1.54, 1.807) is 4.90 Å². The summed E-state index contributed by atoms with van der Waals surface area (Å²) in [4.78, 5) is 26.0. The molecule has 138 valence electrons. The minimum atomic E-state index is -0.689. The van der Waals surface area contributed by atoms with Crippen LogP contribution in [0.5, 0.6) is 0 Å². The van der Waals surface area contributed by atoms with Crippen molar-refractivity contribution < 1.29 is 24.1 Å². The molecule has 25 heavy (non-hydrogen) atoms. The summed E-state index contributed by atoms with van der Waals surface area (Å²) in [6, 6.07) is 8.66. The maximum atomic E-state index is 12.0. The number of carbonyl (C=O) groups is 2. The number of hydrogen-bond acceptors (Lipinski definition) is 3. The number of imide groups is 1. The van der Waals surface area contributed by atoms with Gasteiger partial charge in [-0.05, 0) is 18.4 Å². The molecule has 1 fully saturated rings. The molecule has 6 nitrogen and oxygen atoms in total. The fraction of sp³-hybridized carbons (Fsp3) is 0.579. The molecule has 0 spiro atoms. The predicted octanol–water partition coefficient (Wildman–Crippen LogP) is -0.635. The summed E-state index contributed by atoms with van der Waals surface area (Å²) in [5.74, 6) is 0.292. The lowest BCUT2D eigenvalue weighted by molar-refractivity contribution is -1.02. The molecule has 2 rings (SSSR count). The van der Waals surface area contributed by atoms with Crippen molar-refractivity contribution in [2.75, 3.05) is 33.3 Å². The summed E-state index contributed by atoms with van der Waals surface area (Å²) in [7, 11) is 1.26. The van der Waals surface area contributed by atoms with Gasteiger partial charge in [0.05, 0.1) is 7.11 Å². The molecular formula is C19H31N3O3+2. The molecule has 0 bridgehead atoms. The quantitative estimate of drug-likeness (QED) is 0.663. The van der Waals surface area contributed by atoms with Crippen molar-refractivity contribution >= 4 is 12.0 Å². The Hall–Kier alpha value is -1.92. The molecule has 1 aliphatic heterocycles. The molecule has 0 aromatic heterocycles. The van der Waals surface area contributed by atoms with E-state index in [0.29, 0.717) is 5.92 Å². The van der Waals surface area contributed by atoms with Crippen molar-refractivity contribution in [2.45, 2.75) is 39.3 Å². The van der Waals surface area contributed by atoms with Crippen LogP contribution in [0.4, 0.5) is 4.79 Å². The van der Waals surface area contributed by atoms with E-state index in [4.69, 9.17) is 0 Å². The second-order valence-electron chi connectivity index (χ2n) is 7.18. The highest BCUT2D eigenvalue weighted by Gasteiger charge is 2.31. The zero-order valence-electron chi connectivity index (χ0n) is 15.7. The van der Waals surface area contributed by atoms with Crippen LogP contribution in [-0.4, -0.2) is 51.3 Å². The maximum Gasteiger partial charge on any atom is 0.413 e. The van der Waals surface area contributed by atoms with Gasteiger partial charge in [-0.25, -0.2) is 4.79 Å². The monoisotopic (exact) mass is 349 g/mol. The molecule has 1 aromatic rings. The van der Waals surface area contributed by atoms with Crippen LogP contribution in [0.1, 0.15) is 37.8 Å². The number of carbonyl (C=O) groups excluding carboxylic acids is 2. The van der Waals surface area contributed by atoms with Gasteiger partial charge in [-0.3, -0.25) is 10.1 Å². The molecule has 2 amide bonds. The SMILES string of the molecule is COC(=O)NC(=O)[C@H](C)[NH+]1CC[NH+](Cc2ccc(C(C)C)cc2)CC1. The molecule has 6 heteroatoms. The molecule has 1 heterocycles. The first-order valence-corrected chi connectivity index (χ1v) is 9.06. The first-order chi connectivity index (χ1) is 11.9. The number of hydrogen-bond donors (Lipinski definition) is 3. The van der Waals surface area contributed by atoms with E-state index in [1.165, 1.54) is 23.1 Å². The van der Waals surface area contributed by atoms with Crippen LogP contribution in [0.25, 0.3) is 0 Å². The smallest absolute Gasteiger partial charge is 0.413 e. The standard InChI is InChI=1S/C19H29N3O3/c1-14(2)17-7-5-16(6-8-17)13-21-9-11-22(12-10-21)15(3)18(23)20-19(24)25-4/h5-8,14-15H,9-13H2,1-4H3,(H,20,23,24)/p+2/t15-/m0/s1. The Morgan fingerprint density at radius 1 is 1.08 bits per heavy atom. The third-order valence-electron chi connectivity index (χ3n) is 5.12. The third-order valence-corrected chi connectivity index (χ3v) is 5.12. The molecule has 0 radical (unpaired) electrons. The van der Waals surface area contributed by atoms with Crippen LogP contribution in [0.15, 0.2) is 24.3 Å². The van der Waals surface area contributed by atoms with Gasteiger partial charge in [0.2, 0.25) is 0 Å². The van der Waals surface area contributed by atoms with Crippen molar-refractivity contribution in [1.82, 2.24) is 5.32 Å². The molecule has 3 N–H and O–H groups in total. The van der Waals surface area contributed by atoms with Gasteiger partial charge < -0.3 is 14.5 Å². The van der Waals surface area contributed by atoms with Crippen molar-refractivity contribution in [3.05, 3.63) is 35.4 Å². The van der Waals surface area contributed by atoms with Gasteiger partial charge in [0.15, 0.2) is 6.04 Å². The lowest BCUT2D eigenvalue weighted by Crippen LogP contribution is -3.29. The first kappa shape index (κ1) is 19.4. The maximum absolute atomic E-state index is 12.0. The number of amides is 2. The van der Waals surface area contributed by atoms with Gasteiger partial charge in [0, 0.05) is 5.56 Å². The number of quaternary nitrogens is 2. The Morgan fingerprint density at radius 3 is 2.20 bits per heavy atom. The Labute approximate surface area is 150 Å². The van der Waals surface area contributed by atoms with Crippen molar-refractivity contribution in [3.8, 4) is 0 Å². The molecule has 0 unspecified atom stereocenters. The van der Waals surface area contributed by atoms with Crippen LogP contribution in [-0.2, 0) is 16.1 Å². The summed E-state index contributed by atoms with van der Waals surface area (Å²) >= 11 is 0. The summed E-state index contributed by atoms with van der Waals surface area (Å²) in [6.45, 7) is 11.2. The molecule has 0 aliphatic carbocycles. The number of benzene rings is 1. The first-order valence-electron chi connectivity index (χ1n) is 9.06.